The zero-order valence-electron chi connectivity index (χ0n) is 13.5. The molecule has 0 bridgehead atoms. The van der Waals surface area contributed by atoms with E-state index in [4.69, 9.17) is 13.6 Å². The van der Waals surface area contributed by atoms with Crippen LogP contribution in [0.1, 0.15) is 11.5 Å². The maximum atomic E-state index is 5.84. The Hall–Kier alpha value is -2.45. The first kappa shape index (κ1) is 15.1. The molecule has 0 aromatic carbocycles. The van der Waals surface area contributed by atoms with Crippen molar-refractivity contribution in [3.05, 3.63) is 42.2 Å². The third-order valence-corrected chi connectivity index (χ3v) is 3.93. The Morgan fingerprint density at radius 2 is 2.29 bits per heavy atom. The molecular formula is C16H19N5O3. The number of ether oxygens (including phenoxy) is 1. The fourth-order valence-corrected chi connectivity index (χ4v) is 2.82. The molecule has 3 aromatic rings. The molecule has 24 heavy (non-hydrogen) atoms. The summed E-state index contributed by atoms with van der Waals surface area (Å²) in [6.45, 7) is 5.70. The zero-order chi connectivity index (χ0) is 16.4. The molecule has 1 unspecified atom stereocenters. The van der Waals surface area contributed by atoms with Crippen LogP contribution in [0.2, 0.25) is 0 Å². The molecule has 1 atom stereocenters. The minimum Gasteiger partial charge on any atom is -0.459 e. The highest BCUT2D eigenvalue weighted by Crippen LogP contribution is 2.19. The van der Waals surface area contributed by atoms with E-state index >= 15 is 0 Å². The summed E-state index contributed by atoms with van der Waals surface area (Å²) in [6.07, 6.45) is 5.57. The third-order valence-electron chi connectivity index (χ3n) is 3.93. The van der Waals surface area contributed by atoms with E-state index in [9.17, 15) is 0 Å². The molecule has 1 aliphatic rings. The van der Waals surface area contributed by atoms with E-state index in [1.165, 1.54) is 0 Å². The molecule has 0 aliphatic carbocycles. The van der Waals surface area contributed by atoms with Crippen LogP contribution in [0.3, 0.4) is 0 Å². The average molecular weight is 329 g/mol. The number of rotatable bonds is 5. The zero-order valence-corrected chi connectivity index (χ0v) is 13.5. The molecule has 0 radical (unpaired) electrons. The van der Waals surface area contributed by atoms with E-state index in [1.807, 2.05) is 24.0 Å². The number of furan rings is 1. The van der Waals surface area contributed by atoms with Gasteiger partial charge in [0.05, 0.1) is 38.3 Å². The van der Waals surface area contributed by atoms with Gasteiger partial charge in [-0.25, -0.2) is 0 Å². The Balaban J connectivity index is 1.36. The van der Waals surface area contributed by atoms with Crippen molar-refractivity contribution < 1.29 is 13.6 Å². The second-order valence-corrected chi connectivity index (χ2v) is 5.95. The summed E-state index contributed by atoms with van der Waals surface area (Å²) in [5, 5.41) is 12.5. The van der Waals surface area contributed by atoms with Crippen LogP contribution >= 0.6 is 0 Å². The lowest BCUT2D eigenvalue weighted by atomic mass is 10.2. The monoisotopic (exact) mass is 329 g/mol. The van der Waals surface area contributed by atoms with Gasteiger partial charge in [-0.05, 0) is 24.6 Å². The van der Waals surface area contributed by atoms with Crippen LogP contribution in [0.15, 0.2) is 39.6 Å². The normalized spacial score (nSPS) is 19.0. The summed E-state index contributed by atoms with van der Waals surface area (Å²) in [7, 11) is 0. The molecule has 8 heteroatoms. The fraction of sp³-hybridized carbons (Fsp3) is 0.438. The molecule has 126 valence electrons. The number of hydrogen-bond acceptors (Lipinski definition) is 7. The van der Waals surface area contributed by atoms with E-state index in [0.717, 1.165) is 25.2 Å². The average Bonchev–Trinajstić information content (AvgIpc) is 3.29. The summed E-state index contributed by atoms with van der Waals surface area (Å²) in [4.78, 5) is 2.25. The van der Waals surface area contributed by atoms with E-state index in [2.05, 4.69) is 20.2 Å². The van der Waals surface area contributed by atoms with Crippen molar-refractivity contribution in [2.45, 2.75) is 26.1 Å². The van der Waals surface area contributed by atoms with E-state index < -0.39 is 0 Å². The molecule has 3 aromatic heterocycles. The molecule has 0 N–H and O–H groups in total. The molecule has 8 nitrogen and oxygen atoms in total. The van der Waals surface area contributed by atoms with Gasteiger partial charge < -0.3 is 13.6 Å². The van der Waals surface area contributed by atoms with Crippen molar-refractivity contribution in [2.24, 2.45) is 0 Å². The molecule has 4 heterocycles. The number of aromatic nitrogens is 4. The SMILES string of the molecule is Cc1cnn(CC2CN(Cc3nnc(-c4ccco4)o3)CCO2)c1. The van der Waals surface area contributed by atoms with Crippen LogP contribution in [0.4, 0.5) is 0 Å². The van der Waals surface area contributed by atoms with Crippen LogP contribution in [0.25, 0.3) is 11.7 Å². The molecule has 1 fully saturated rings. The van der Waals surface area contributed by atoms with Crippen molar-refractivity contribution >= 4 is 0 Å². The summed E-state index contributed by atoms with van der Waals surface area (Å²) in [5.41, 5.74) is 1.15. The number of nitrogens with zero attached hydrogens (tertiary/aromatic N) is 5. The van der Waals surface area contributed by atoms with Crippen molar-refractivity contribution in [1.82, 2.24) is 24.9 Å². The van der Waals surface area contributed by atoms with Gasteiger partial charge in [-0.2, -0.15) is 5.10 Å². The van der Waals surface area contributed by atoms with Gasteiger partial charge >= 0.3 is 0 Å². The predicted octanol–water partition coefficient (Wildman–Crippen LogP) is 1.74. The quantitative estimate of drug-likeness (QED) is 0.705. The number of aryl methyl sites for hydroxylation is 1. The molecule has 1 saturated heterocycles. The highest BCUT2D eigenvalue weighted by atomic mass is 16.5. The van der Waals surface area contributed by atoms with Crippen molar-refractivity contribution in [2.75, 3.05) is 19.7 Å². The maximum Gasteiger partial charge on any atom is 0.283 e. The Morgan fingerprint density at radius 1 is 1.33 bits per heavy atom. The first-order valence-corrected chi connectivity index (χ1v) is 7.95. The molecule has 0 saturated carbocycles. The van der Waals surface area contributed by atoms with Gasteiger partial charge in [-0.1, -0.05) is 0 Å². The number of hydrogen-bond donors (Lipinski definition) is 0. The third kappa shape index (κ3) is 3.39. The van der Waals surface area contributed by atoms with Gasteiger partial charge in [0.15, 0.2) is 5.76 Å². The van der Waals surface area contributed by atoms with Gasteiger partial charge in [-0.3, -0.25) is 9.58 Å². The Labute approximate surface area is 139 Å². The Kier molecular flexibility index (Phi) is 4.14. The minimum absolute atomic E-state index is 0.102. The Bertz CT molecular complexity index is 779. The van der Waals surface area contributed by atoms with E-state index in [-0.39, 0.29) is 6.10 Å². The first-order chi connectivity index (χ1) is 11.8. The largest absolute Gasteiger partial charge is 0.459 e. The molecule has 1 aliphatic heterocycles. The van der Waals surface area contributed by atoms with Crippen molar-refractivity contribution in [3.63, 3.8) is 0 Å². The Morgan fingerprint density at radius 3 is 3.08 bits per heavy atom. The lowest BCUT2D eigenvalue weighted by Crippen LogP contribution is -2.43. The maximum absolute atomic E-state index is 5.84. The molecule has 0 amide bonds. The van der Waals surface area contributed by atoms with Gasteiger partial charge in [0, 0.05) is 19.3 Å². The van der Waals surface area contributed by atoms with Crippen LogP contribution in [0, 0.1) is 6.92 Å². The highest BCUT2D eigenvalue weighted by Gasteiger charge is 2.23. The van der Waals surface area contributed by atoms with Gasteiger partial charge in [0.2, 0.25) is 5.89 Å². The predicted molar refractivity (Wildman–Crippen MR) is 84.0 cm³/mol. The van der Waals surface area contributed by atoms with Gasteiger partial charge in [0.1, 0.15) is 0 Å². The standard InChI is InChI=1S/C16H19N5O3/c1-12-7-17-21(8-12)10-13-9-20(4-6-22-13)11-15-18-19-16(24-15)14-3-2-5-23-14/h2-3,5,7-8,13H,4,6,9-11H2,1H3. The summed E-state index contributed by atoms with van der Waals surface area (Å²) in [6, 6.07) is 3.59. The second kappa shape index (κ2) is 6.58. The van der Waals surface area contributed by atoms with E-state index in [1.54, 1.807) is 18.4 Å². The molecule has 4 rings (SSSR count). The molecule has 0 spiro atoms. The number of morpholine rings is 1. The van der Waals surface area contributed by atoms with Crippen LogP contribution in [0.5, 0.6) is 0 Å². The van der Waals surface area contributed by atoms with Gasteiger partial charge in [0.25, 0.3) is 5.89 Å². The fourth-order valence-electron chi connectivity index (χ4n) is 2.82. The van der Waals surface area contributed by atoms with Crippen molar-refractivity contribution in [3.8, 4) is 11.7 Å². The second-order valence-electron chi connectivity index (χ2n) is 5.95. The van der Waals surface area contributed by atoms with E-state index in [0.29, 0.717) is 30.7 Å². The summed E-state index contributed by atoms with van der Waals surface area (Å²) >= 11 is 0. The van der Waals surface area contributed by atoms with Gasteiger partial charge in [-0.15, -0.1) is 10.2 Å². The smallest absolute Gasteiger partial charge is 0.283 e. The first-order valence-electron chi connectivity index (χ1n) is 7.95. The highest BCUT2D eigenvalue weighted by molar-refractivity contribution is 5.42. The van der Waals surface area contributed by atoms with Crippen LogP contribution in [-0.2, 0) is 17.8 Å². The topological polar surface area (TPSA) is 82.4 Å². The summed E-state index contributed by atoms with van der Waals surface area (Å²) < 4.78 is 18.7. The lowest BCUT2D eigenvalue weighted by molar-refractivity contribution is -0.0422. The van der Waals surface area contributed by atoms with Crippen LogP contribution in [-0.4, -0.2) is 50.7 Å². The minimum atomic E-state index is 0.102. The molecular weight excluding hydrogens is 310 g/mol. The van der Waals surface area contributed by atoms with Crippen LogP contribution < -0.4 is 0 Å². The van der Waals surface area contributed by atoms with Crippen molar-refractivity contribution in [1.29, 1.82) is 0 Å². The summed E-state index contributed by atoms with van der Waals surface area (Å²) in [5.74, 6) is 1.58. The lowest BCUT2D eigenvalue weighted by Gasteiger charge is -2.31.